The van der Waals surface area contributed by atoms with E-state index in [0.29, 0.717) is 18.8 Å². The molecule has 10 heteroatoms. The molecule has 0 unspecified atom stereocenters. The van der Waals surface area contributed by atoms with Crippen molar-refractivity contribution in [3.05, 3.63) is 46.2 Å². The van der Waals surface area contributed by atoms with Gasteiger partial charge in [-0.2, -0.15) is 5.10 Å². The molecule has 25 heavy (non-hydrogen) atoms. The van der Waals surface area contributed by atoms with Crippen LogP contribution >= 0.6 is 0 Å². The van der Waals surface area contributed by atoms with E-state index in [9.17, 15) is 20.3 Å². The maximum Gasteiger partial charge on any atom is 0.433 e. The molecule has 3 rings (SSSR count). The molecule has 10 nitrogen and oxygen atoms in total. The van der Waals surface area contributed by atoms with Gasteiger partial charge in [-0.25, -0.2) is 0 Å². The van der Waals surface area contributed by atoms with Crippen LogP contribution in [0.2, 0.25) is 0 Å². The normalized spacial score (nSPS) is 17.3. The first-order valence-electron chi connectivity index (χ1n) is 7.42. The van der Waals surface area contributed by atoms with Gasteiger partial charge in [0.1, 0.15) is 11.7 Å². The van der Waals surface area contributed by atoms with Crippen LogP contribution in [0, 0.1) is 10.1 Å². The zero-order valence-electron chi connectivity index (χ0n) is 13.0. The molecule has 1 aromatic heterocycles. The Morgan fingerprint density at radius 2 is 2.20 bits per heavy atom. The topological polar surface area (TPSA) is 134 Å². The molecule has 2 aromatic rings. The van der Waals surface area contributed by atoms with Gasteiger partial charge in [0.05, 0.1) is 24.9 Å². The number of nitrogens with one attached hydrogen (secondary N) is 1. The number of furan rings is 1. The number of nitrogens with zero attached hydrogens (tertiary/aromatic N) is 3. The molecule has 0 aliphatic carbocycles. The summed E-state index contributed by atoms with van der Waals surface area (Å²) in [5, 5.41) is 38.2. The molecule has 1 saturated heterocycles. The number of phenols is 2. The van der Waals surface area contributed by atoms with Crippen molar-refractivity contribution in [2.45, 2.75) is 6.10 Å². The number of anilines is 1. The first kappa shape index (κ1) is 16.6. The Kier molecular flexibility index (Phi) is 4.70. The average Bonchev–Trinajstić information content (AvgIpc) is 3.23. The summed E-state index contributed by atoms with van der Waals surface area (Å²) in [7, 11) is 0. The van der Waals surface area contributed by atoms with E-state index in [1.54, 1.807) is 11.1 Å². The summed E-state index contributed by atoms with van der Waals surface area (Å²) < 4.78 is 10.6. The van der Waals surface area contributed by atoms with Crippen molar-refractivity contribution in [3.63, 3.8) is 0 Å². The van der Waals surface area contributed by atoms with Gasteiger partial charge >= 0.3 is 5.88 Å². The summed E-state index contributed by atoms with van der Waals surface area (Å²) in [6.45, 7) is 1.30. The van der Waals surface area contributed by atoms with Crippen LogP contribution in [-0.2, 0) is 4.74 Å². The van der Waals surface area contributed by atoms with Crippen LogP contribution in [0.15, 0.2) is 39.9 Å². The molecule has 0 bridgehead atoms. The van der Waals surface area contributed by atoms with Gasteiger partial charge in [-0.15, -0.1) is 0 Å². The van der Waals surface area contributed by atoms with Crippen molar-refractivity contribution in [1.82, 2.24) is 5.01 Å². The number of hydrazone groups is 1. The van der Waals surface area contributed by atoms with E-state index < -0.39 is 4.92 Å². The maximum absolute atomic E-state index is 10.5. The molecule has 1 fully saturated rings. The molecule has 0 radical (unpaired) electrons. The number of rotatable bonds is 6. The zero-order valence-corrected chi connectivity index (χ0v) is 13.0. The van der Waals surface area contributed by atoms with Crippen molar-refractivity contribution < 1.29 is 24.3 Å². The minimum absolute atomic E-state index is 0.126. The van der Waals surface area contributed by atoms with E-state index in [4.69, 9.17) is 9.15 Å². The van der Waals surface area contributed by atoms with E-state index in [1.807, 2.05) is 0 Å². The number of benzene rings is 1. The SMILES string of the molecule is O=[N+]([O-])c1ccc(/C=N/N2CO[C@H](CNc3ccc(O)c(O)c3)C2)o1. The van der Waals surface area contributed by atoms with Crippen LogP contribution in [0.1, 0.15) is 5.76 Å². The summed E-state index contributed by atoms with van der Waals surface area (Å²) in [5.41, 5.74) is 0.656. The van der Waals surface area contributed by atoms with Gasteiger partial charge < -0.3 is 24.7 Å². The Morgan fingerprint density at radius 1 is 1.36 bits per heavy atom. The first-order chi connectivity index (χ1) is 12.0. The lowest BCUT2D eigenvalue weighted by Crippen LogP contribution is -2.24. The van der Waals surface area contributed by atoms with Crippen LogP contribution in [0.4, 0.5) is 11.6 Å². The third-order valence-corrected chi connectivity index (χ3v) is 3.52. The zero-order chi connectivity index (χ0) is 17.8. The quantitative estimate of drug-likeness (QED) is 0.236. The molecule has 2 heterocycles. The van der Waals surface area contributed by atoms with Crippen molar-refractivity contribution in [2.24, 2.45) is 5.10 Å². The molecule has 0 amide bonds. The second-order valence-electron chi connectivity index (χ2n) is 5.37. The van der Waals surface area contributed by atoms with Crippen LogP contribution in [0.5, 0.6) is 11.5 Å². The van der Waals surface area contributed by atoms with E-state index >= 15 is 0 Å². The molecular formula is C15H16N4O6. The van der Waals surface area contributed by atoms with Crippen molar-refractivity contribution in [1.29, 1.82) is 0 Å². The molecule has 1 aromatic carbocycles. The Balaban J connectivity index is 1.48. The molecule has 1 aliphatic heterocycles. The molecular weight excluding hydrogens is 332 g/mol. The number of nitro groups is 1. The predicted molar refractivity (Wildman–Crippen MR) is 87.7 cm³/mol. The van der Waals surface area contributed by atoms with E-state index in [2.05, 4.69) is 10.4 Å². The molecule has 1 aliphatic rings. The highest BCUT2D eigenvalue weighted by molar-refractivity contribution is 5.76. The number of phenolic OH excluding ortho intramolecular Hbond substituents is 2. The van der Waals surface area contributed by atoms with Crippen molar-refractivity contribution >= 4 is 17.8 Å². The standard InChI is InChI=1S/C15H16N4O6/c20-13-3-1-10(5-14(13)21)16-6-12-8-18(9-24-12)17-7-11-2-4-15(25-11)19(22)23/h1-5,7,12,16,20-21H,6,8-9H2/b17-7+/t12-/m1/s1. The summed E-state index contributed by atoms with van der Waals surface area (Å²) in [4.78, 5) is 9.93. The highest BCUT2D eigenvalue weighted by Crippen LogP contribution is 2.27. The largest absolute Gasteiger partial charge is 0.504 e. The number of hydrogen-bond acceptors (Lipinski definition) is 9. The fraction of sp³-hybridized carbons (Fsp3) is 0.267. The van der Waals surface area contributed by atoms with E-state index in [0.717, 1.165) is 0 Å². The second kappa shape index (κ2) is 7.09. The van der Waals surface area contributed by atoms with Crippen LogP contribution in [-0.4, -0.2) is 52.3 Å². The van der Waals surface area contributed by atoms with E-state index in [1.165, 1.54) is 30.5 Å². The van der Waals surface area contributed by atoms with Gasteiger partial charge in [-0.05, 0) is 18.2 Å². The van der Waals surface area contributed by atoms with E-state index in [-0.39, 0.29) is 36.0 Å². The molecule has 1 atom stereocenters. The molecule has 0 spiro atoms. The predicted octanol–water partition coefficient (Wildman–Crippen LogP) is 1.70. The van der Waals surface area contributed by atoms with Crippen molar-refractivity contribution in [2.75, 3.05) is 25.1 Å². The second-order valence-corrected chi connectivity index (χ2v) is 5.37. The lowest BCUT2D eigenvalue weighted by atomic mass is 10.2. The third-order valence-electron chi connectivity index (χ3n) is 3.52. The minimum Gasteiger partial charge on any atom is -0.504 e. The van der Waals surface area contributed by atoms with Crippen LogP contribution < -0.4 is 5.32 Å². The fourth-order valence-electron chi connectivity index (χ4n) is 2.25. The summed E-state index contributed by atoms with van der Waals surface area (Å²) >= 11 is 0. The third kappa shape index (κ3) is 4.18. The average molecular weight is 348 g/mol. The van der Waals surface area contributed by atoms with Crippen LogP contribution in [0.3, 0.4) is 0 Å². The Morgan fingerprint density at radius 3 is 2.92 bits per heavy atom. The lowest BCUT2D eigenvalue weighted by molar-refractivity contribution is -0.402. The Labute approximate surface area is 142 Å². The monoisotopic (exact) mass is 348 g/mol. The minimum atomic E-state index is -0.612. The smallest absolute Gasteiger partial charge is 0.433 e. The number of aromatic hydroxyl groups is 2. The van der Waals surface area contributed by atoms with Gasteiger partial charge in [-0.3, -0.25) is 15.1 Å². The number of ether oxygens (including phenoxy) is 1. The fourth-order valence-corrected chi connectivity index (χ4v) is 2.25. The molecule has 0 saturated carbocycles. The summed E-state index contributed by atoms with van der Waals surface area (Å²) in [5.74, 6) is -0.427. The van der Waals surface area contributed by atoms with Crippen molar-refractivity contribution in [3.8, 4) is 11.5 Å². The number of hydrogen-bond donors (Lipinski definition) is 3. The lowest BCUT2D eigenvalue weighted by Gasteiger charge is -2.12. The highest BCUT2D eigenvalue weighted by Gasteiger charge is 2.22. The summed E-state index contributed by atoms with van der Waals surface area (Å²) in [6.07, 6.45) is 1.27. The van der Waals surface area contributed by atoms with Gasteiger partial charge in [0.2, 0.25) is 0 Å². The summed E-state index contributed by atoms with van der Waals surface area (Å²) in [6, 6.07) is 7.19. The Bertz CT molecular complexity index is 790. The van der Waals surface area contributed by atoms with Gasteiger partial charge in [-0.1, -0.05) is 0 Å². The van der Waals surface area contributed by atoms with Gasteiger partial charge in [0.15, 0.2) is 17.3 Å². The van der Waals surface area contributed by atoms with Crippen LogP contribution in [0.25, 0.3) is 0 Å². The molecule has 132 valence electrons. The van der Waals surface area contributed by atoms with Gasteiger partial charge in [0, 0.05) is 18.3 Å². The first-order valence-corrected chi connectivity index (χ1v) is 7.42. The maximum atomic E-state index is 10.5. The van der Waals surface area contributed by atoms with Gasteiger partial charge in [0.25, 0.3) is 0 Å². The highest BCUT2D eigenvalue weighted by atomic mass is 16.6. The molecule has 3 N–H and O–H groups in total. The Hall–Kier alpha value is -3.27.